The number of carbonyl (C=O) groups is 1. The number of benzene rings is 1. The van der Waals surface area contributed by atoms with E-state index in [4.69, 9.17) is 15.2 Å². The molecule has 1 aromatic heterocycles. The van der Waals surface area contributed by atoms with Crippen LogP contribution in [0.4, 0.5) is 14.7 Å². The van der Waals surface area contributed by atoms with E-state index in [1.807, 2.05) is 0 Å². The number of likely N-dealkylation sites (N-methyl/N-ethyl adjacent to an activating group) is 1. The lowest BCUT2D eigenvalue weighted by Gasteiger charge is -2.43. The topological polar surface area (TPSA) is 106 Å². The number of halogens is 2. The van der Waals surface area contributed by atoms with Crippen LogP contribution in [0.3, 0.4) is 0 Å². The van der Waals surface area contributed by atoms with Crippen molar-refractivity contribution in [3.8, 4) is 11.8 Å². The molecule has 1 amide bonds. The van der Waals surface area contributed by atoms with Gasteiger partial charge in [0.15, 0.2) is 5.96 Å². The van der Waals surface area contributed by atoms with Crippen LogP contribution in [0.2, 0.25) is 0 Å². The van der Waals surface area contributed by atoms with Gasteiger partial charge in [0.2, 0.25) is 17.7 Å². The number of rotatable bonds is 6. The highest BCUT2D eigenvalue weighted by atomic mass is 19.1. The first kappa shape index (κ1) is 22.2. The lowest BCUT2D eigenvalue weighted by Crippen LogP contribution is -2.57. The fourth-order valence-electron chi connectivity index (χ4n) is 3.57. The fourth-order valence-corrected chi connectivity index (χ4v) is 3.57. The fraction of sp³-hybridized carbons (Fsp3) is 0.400. The molecule has 1 aliphatic rings. The third-order valence-electron chi connectivity index (χ3n) is 5.40. The SMILES string of the molecule is COc1nc(N(C)C[C@]2(c3ccc(F)cc3)N=C(N)N(C)C(=O)[C@@H]2C)nc(OC)c1F. The number of hydrogen-bond donors (Lipinski definition) is 1. The molecule has 0 bridgehead atoms. The summed E-state index contributed by atoms with van der Waals surface area (Å²) in [5, 5.41) is 0. The third-order valence-corrected chi connectivity index (χ3v) is 5.40. The van der Waals surface area contributed by atoms with Crippen LogP contribution in [0.1, 0.15) is 12.5 Å². The smallest absolute Gasteiger partial charge is 0.259 e. The quantitative estimate of drug-likeness (QED) is 0.735. The van der Waals surface area contributed by atoms with E-state index in [0.717, 1.165) is 0 Å². The van der Waals surface area contributed by atoms with E-state index in [-0.39, 0.29) is 36.1 Å². The summed E-state index contributed by atoms with van der Waals surface area (Å²) in [5.74, 6) is -2.63. The zero-order valence-corrected chi connectivity index (χ0v) is 17.9. The minimum atomic E-state index is -1.17. The monoisotopic (exact) mass is 434 g/mol. The number of ether oxygens (including phenoxy) is 2. The molecule has 2 atom stereocenters. The van der Waals surface area contributed by atoms with Gasteiger partial charge in [-0.15, -0.1) is 0 Å². The summed E-state index contributed by atoms with van der Waals surface area (Å²) in [5.41, 5.74) is 5.45. The van der Waals surface area contributed by atoms with Crippen LogP contribution in [-0.4, -0.2) is 61.6 Å². The number of amides is 1. The molecular weight excluding hydrogens is 410 g/mol. The molecule has 9 nitrogen and oxygen atoms in total. The maximum Gasteiger partial charge on any atom is 0.259 e. The molecule has 0 saturated carbocycles. The Bertz CT molecular complexity index is 991. The summed E-state index contributed by atoms with van der Waals surface area (Å²) in [6.07, 6.45) is 0. The second-order valence-corrected chi connectivity index (χ2v) is 7.23. The van der Waals surface area contributed by atoms with E-state index in [0.29, 0.717) is 5.56 Å². The minimum Gasteiger partial charge on any atom is -0.479 e. The van der Waals surface area contributed by atoms with Gasteiger partial charge in [-0.25, -0.2) is 9.38 Å². The van der Waals surface area contributed by atoms with Gasteiger partial charge in [-0.05, 0) is 17.7 Å². The van der Waals surface area contributed by atoms with Crippen molar-refractivity contribution in [2.75, 3.05) is 39.8 Å². The molecule has 2 heterocycles. The van der Waals surface area contributed by atoms with Crippen molar-refractivity contribution in [3.63, 3.8) is 0 Å². The first-order chi connectivity index (χ1) is 14.6. The van der Waals surface area contributed by atoms with Crippen molar-refractivity contribution in [2.24, 2.45) is 16.6 Å². The Kier molecular flexibility index (Phi) is 5.96. The highest BCUT2D eigenvalue weighted by molar-refractivity contribution is 6.00. The molecule has 3 rings (SSSR count). The number of anilines is 1. The Morgan fingerprint density at radius 2 is 1.71 bits per heavy atom. The Morgan fingerprint density at radius 1 is 1.16 bits per heavy atom. The number of hydrogen-bond acceptors (Lipinski definition) is 8. The van der Waals surface area contributed by atoms with Crippen molar-refractivity contribution >= 4 is 17.8 Å². The molecule has 0 unspecified atom stereocenters. The van der Waals surface area contributed by atoms with Crippen LogP contribution in [0.15, 0.2) is 29.3 Å². The van der Waals surface area contributed by atoms with Crippen LogP contribution < -0.4 is 20.1 Å². The van der Waals surface area contributed by atoms with E-state index in [9.17, 15) is 13.6 Å². The van der Waals surface area contributed by atoms with Crippen LogP contribution in [0, 0.1) is 17.6 Å². The van der Waals surface area contributed by atoms with Gasteiger partial charge in [0, 0.05) is 14.1 Å². The molecule has 0 spiro atoms. The predicted octanol–water partition coefficient (Wildman–Crippen LogP) is 1.53. The van der Waals surface area contributed by atoms with E-state index >= 15 is 0 Å². The molecule has 2 aromatic rings. The van der Waals surface area contributed by atoms with Crippen molar-refractivity contribution in [2.45, 2.75) is 12.5 Å². The molecule has 0 radical (unpaired) electrons. The molecular formula is C20H24F2N6O3. The van der Waals surface area contributed by atoms with Gasteiger partial charge in [0.25, 0.3) is 11.8 Å². The van der Waals surface area contributed by atoms with Crippen LogP contribution >= 0.6 is 0 Å². The first-order valence-electron chi connectivity index (χ1n) is 9.40. The number of guanidine groups is 1. The Balaban J connectivity index is 2.12. The molecule has 31 heavy (non-hydrogen) atoms. The van der Waals surface area contributed by atoms with Crippen molar-refractivity contribution < 1.29 is 23.0 Å². The highest BCUT2D eigenvalue weighted by Crippen LogP contribution is 2.39. The number of methoxy groups -OCH3 is 2. The molecule has 0 aliphatic carbocycles. The maximum absolute atomic E-state index is 14.2. The molecule has 0 saturated heterocycles. The Morgan fingerprint density at radius 3 is 2.23 bits per heavy atom. The van der Waals surface area contributed by atoms with Gasteiger partial charge in [0.05, 0.1) is 26.7 Å². The van der Waals surface area contributed by atoms with Gasteiger partial charge in [-0.3, -0.25) is 9.69 Å². The van der Waals surface area contributed by atoms with E-state index < -0.39 is 23.1 Å². The number of aromatic nitrogens is 2. The zero-order valence-electron chi connectivity index (χ0n) is 17.9. The summed E-state index contributed by atoms with van der Waals surface area (Å²) >= 11 is 0. The Hall–Kier alpha value is -3.50. The lowest BCUT2D eigenvalue weighted by atomic mass is 9.77. The standard InChI is InChI=1S/C20H24F2N6O3/c1-11-17(29)28(3)18(23)26-20(11,12-6-8-13(21)9-7-12)10-27(2)19-24-15(30-4)14(22)16(25-19)31-5/h6-9,11H,10H2,1-5H3,(H2,23,26)/t11-,20-/m0/s1. The molecule has 11 heteroatoms. The maximum atomic E-state index is 14.2. The molecule has 166 valence electrons. The average Bonchev–Trinajstić information content (AvgIpc) is 2.76. The van der Waals surface area contributed by atoms with Crippen molar-refractivity contribution in [3.05, 3.63) is 41.5 Å². The number of carbonyl (C=O) groups excluding carboxylic acids is 1. The van der Waals surface area contributed by atoms with E-state index in [1.54, 1.807) is 31.0 Å². The predicted molar refractivity (Wildman–Crippen MR) is 110 cm³/mol. The molecule has 1 aliphatic heterocycles. The molecule has 2 N–H and O–H groups in total. The van der Waals surface area contributed by atoms with Crippen LogP contribution in [0.25, 0.3) is 0 Å². The van der Waals surface area contributed by atoms with Crippen molar-refractivity contribution in [1.82, 2.24) is 14.9 Å². The van der Waals surface area contributed by atoms with Gasteiger partial charge in [-0.1, -0.05) is 19.1 Å². The third kappa shape index (κ3) is 3.82. The van der Waals surface area contributed by atoms with Gasteiger partial charge in [-0.2, -0.15) is 14.4 Å². The summed E-state index contributed by atoms with van der Waals surface area (Å²) in [4.78, 5) is 28.6. The van der Waals surface area contributed by atoms with Crippen LogP contribution in [0.5, 0.6) is 11.8 Å². The number of nitrogens with zero attached hydrogens (tertiary/aromatic N) is 5. The van der Waals surface area contributed by atoms with Gasteiger partial charge >= 0.3 is 0 Å². The number of aliphatic imine (C=N–C) groups is 1. The molecule has 0 fully saturated rings. The highest BCUT2D eigenvalue weighted by Gasteiger charge is 2.48. The zero-order chi connectivity index (χ0) is 22.9. The minimum absolute atomic E-state index is 0.0241. The average molecular weight is 434 g/mol. The van der Waals surface area contributed by atoms with Crippen LogP contribution in [-0.2, 0) is 10.3 Å². The van der Waals surface area contributed by atoms with Crippen molar-refractivity contribution in [1.29, 1.82) is 0 Å². The largest absolute Gasteiger partial charge is 0.479 e. The van der Waals surface area contributed by atoms with Gasteiger partial charge in [0.1, 0.15) is 11.4 Å². The normalized spacial score (nSPS) is 21.0. The second kappa shape index (κ2) is 8.32. The number of nitrogens with two attached hydrogens (primary N) is 1. The first-order valence-corrected chi connectivity index (χ1v) is 9.40. The Labute approximate surface area is 178 Å². The van der Waals surface area contributed by atoms with Gasteiger partial charge < -0.3 is 20.1 Å². The second-order valence-electron chi connectivity index (χ2n) is 7.23. The summed E-state index contributed by atoms with van der Waals surface area (Å²) in [6, 6.07) is 5.70. The summed E-state index contributed by atoms with van der Waals surface area (Å²) in [7, 11) is 5.74. The molecule has 1 aromatic carbocycles. The summed E-state index contributed by atoms with van der Waals surface area (Å²) < 4.78 is 37.8. The van der Waals surface area contributed by atoms with E-state index in [2.05, 4.69) is 15.0 Å². The summed E-state index contributed by atoms with van der Waals surface area (Å²) in [6.45, 7) is 1.80. The van der Waals surface area contributed by atoms with E-state index in [1.165, 1.54) is 38.3 Å². The lowest BCUT2D eigenvalue weighted by molar-refractivity contribution is -0.133.